The molecule has 35 heavy (non-hydrogen) atoms. The topological polar surface area (TPSA) is 119 Å². The normalized spacial score (nSPS) is 16.8. The standard InChI is InChI=1S/C26H27N7O2/c1-14-5-6-15(26(35)32(2)3)7-18(14)22-8-16-9-23(28-12-21(16)24(27)30-22)31-25(34)20-10-19(20)17-11-29-33(4)13-17/h5-9,11-13,19-20H,10H2,1-4H3,(H2,27,30)(H,28,31,34)/t19-,20+/m1/s1. The molecule has 0 spiro atoms. The van der Waals surface area contributed by atoms with E-state index in [1.165, 1.54) is 4.90 Å². The maximum atomic E-state index is 12.8. The Bertz CT molecular complexity index is 1470. The first-order valence-electron chi connectivity index (χ1n) is 11.4. The first-order chi connectivity index (χ1) is 16.7. The number of carbonyl (C=O) groups is 2. The Morgan fingerprint density at radius 2 is 1.97 bits per heavy atom. The molecule has 1 aliphatic carbocycles. The Kier molecular flexibility index (Phi) is 5.47. The van der Waals surface area contributed by atoms with E-state index < -0.39 is 0 Å². The number of nitrogens with zero attached hydrogens (tertiary/aromatic N) is 5. The van der Waals surface area contributed by atoms with Crippen LogP contribution in [-0.4, -0.2) is 50.6 Å². The molecule has 2 amide bonds. The highest BCUT2D eigenvalue weighted by molar-refractivity contribution is 5.99. The van der Waals surface area contributed by atoms with Crippen LogP contribution >= 0.6 is 0 Å². The van der Waals surface area contributed by atoms with E-state index in [1.807, 2.05) is 44.6 Å². The van der Waals surface area contributed by atoms with Crippen molar-refractivity contribution >= 4 is 34.2 Å². The number of nitrogens with two attached hydrogens (primary N) is 1. The largest absolute Gasteiger partial charge is 0.383 e. The van der Waals surface area contributed by atoms with Gasteiger partial charge in [0.05, 0.1) is 11.9 Å². The number of rotatable bonds is 5. The Morgan fingerprint density at radius 1 is 1.17 bits per heavy atom. The third kappa shape index (κ3) is 4.32. The molecule has 0 radical (unpaired) electrons. The van der Waals surface area contributed by atoms with Gasteiger partial charge in [0.15, 0.2) is 0 Å². The zero-order valence-corrected chi connectivity index (χ0v) is 20.1. The number of benzene rings is 1. The number of anilines is 2. The number of aryl methyl sites for hydroxylation is 2. The Morgan fingerprint density at radius 3 is 2.69 bits per heavy atom. The van der Waals surface area contributed by atoms with Crippen molar-refractivity contribution in [1.29, 1.82) is 0 Å². The molecule has 9 nitrogen and oxygen atoms in total. The summed E-state index contributed by atoms with van der Waals surface area (Å²) in [5.41, 5.74) is 10.4. The molecule has 5 rings (SSSR count). The summed E-state index contributed by atoms with van der Waals surface area (Å²) in [5, 5.41) is 8.64. The van der Waals surface area contributed by atoms with Gasteiger partial charge in [-0.15, -0.1) is 0 Å². The van der Waals surface area contributed by atoms with Gasteiger partial charge in [-0.2, -0.15) is 5.10 Å². The van der Waals surface area contributed by atoms with Crippen LogP contribution in [0.25, 0.3) is 22.0 Å². The maximum absolute atomic E-state index is 12.8. The summed E-state index contributed by atoms with van der Waals surface area (Å²) in [6.07, 6.45) is 6.19. The van der Waals surface area contributed by atoms with Crippen LogP contribution in [0.2, 0.25) is 0 Å². The summed E-state index contributed by atoms with van der Waals surface area (Å²) in [6.45, 7) is 1.97. The highest BCUT2D eigenvalue weighted by Gasteiger charge is 2.44. The lowest BCUT2D eigenvalue weighted by molar-refractivity contribution is -0.117. The first-order valence-corrected chi connectivity index (χ1v) is 11.4. The SMILES string of the molecule is Cc1ccc(C(=O)N(C)C)cc1-c1cc2cc(NC(=O)[C@H]3C[C@@H]3c3cnn(C)c3)ncc2c(N)n1. The van der Waals surface area contributed by atoms with Crippen LogP contribution in [0.5, 0.6) is 0 Å². The summed E-state index contributed by atoms with van der Waals surface area (Å²) < 4.78 is 1.75. The number of fused-ring (bicyclic) bond motifs is 1. The van der Waals surface area contributed by atoms with E-state index in [4.69, 9.17) is 5.73 Å². The van der Waals surface area contributed by atoms with Crippen LogP contribution < -0.4 is 11.1 Å². The number of nitrogen functional groups attached to an aromatic ring is 1. The molecule has 1 fully saturated rings. The van der Waals surface area contributed by atoms with E-state index in [1.54, 1.807) is 37.1 Å². The van der Waals surface area contributed by atoms with Gasteiger partial charge in [0, 0.05) is 56.0 Å². The van der Waals surface area contributed by atoms with Gasteiger partial charge in [0.25, 0.3) is 5.91 Å². The fraction of sp³-hybridized carbons (Fsp3) is 0.269. The van der Waals surface area contributed by atoms with Gasteiger partial charge in [-0.1, -0.05) is 6.07 Å². The van der Waals surface area contributed by atoms with Crippen LogP contribution in [0.15, 0.2) is 48.9 Å². The van der Waals surface area contributed by atoms with Gasteiger partial charge in [-0.25, -0.2) is 9.97 Å². The quantitative estimate of drug-likeness (QED) is 0.463. The van der Waals surface area contributed by atoms with E-state index in [-0.39, 0.29) is 23.7 Å². The molecule has 4 aromatic rings. The van der Waals surface area contributed by atoms with Crippen molar-refractivity contribution in [2.24, 2.45) is 13.0 Å². The second kappa shape index (κ2) is 8.50. The Hall–Kier alpha value is -4.27. The zero-order chi connectivity index (χ0) is 24.9. The van der Waals surface area contributed by atoms with Crippen molar-refractivity contribution in [2.75, 3.05) is 25.1 Å². The molecule has 3 aromatic heterocycles. The number of hydrogen-bond donors (Lipinski definition) is 2. The summed E-state index contributed by atoms with van der Waals surface area (Å²) in [4.78, 5) is 35.8. The van der Waals surface area contributed by atoms with Crippen LogP contribution in [-0.2, 0) is 11.8 Å². The number of nitrogens with one attached hydrogen (secondary N) is 1. The van der Waals surface area contributed by atoms with E-state index >= 15 is 0 Å². The molecule has 3 N–H and O–H groups in total. The molecular weight excluding hydrogens is 442 g/mol. The molecule has 0 bridgehead atoms. The van der Waals surface area contributed by atoms with Gasteiger partial charge in [-0.05, 0) is 60.0 Å². The molecule has 9 heteroatoms. The zero-order valence-electron chi connectivity index (χ0n) is 20.1. The molecule has 1 saturated carbocycles. The lowest BCUT2D eigenvalue weighted by atomic mass is 10.00. The smallest absolute Gasteiger partial charge is 0.253 e. The van der Waals surface area contributed by atoms with Crippen LogP contribution in [0, 0.1) is 12.8 Å². The average Bonchev–Trinajstić information content (AvgIpc) is 3.52. The Labute approximate surface area is 203 Å². The van der Waals surface area contributed by atoms with E-state index in [0.29, 0.717) is 28.3 Å². The molecular formula is C26H27N7O2. The van der Waals surface area contributed by atoms with Crippen LogP contribution in [0.3, 0.4) is 0 Å². The molecule has 1 aromatic carbocycles. The molecule has 1 aliphatic rings. The highest BCUT2D eigenvalue weighted by atomic mass is 16.2. The average molecular weight is 470 g/mol. The lowest BCUT2D eigenvalue weighted by Crippen LogP contribution is -2.21. The number of pyridine rings is 2. The number of carbonyl (C=O) groups excluding carboxylic acids is 2. The molecule has 3 heterocycles. The van der Waals surface area contributed by atoms with Crippen molar-refractivity contribution < 1.29 is 9.59 Å². The number of aromatic nitrogens is 4. The van der Waals surface area contributed by atoms with Crippen molar-refractivity contribution in [3.63, 3.8) is 0 Å². The fourth-order valence-electron chi connectivity index (χ4n) is 4.37. The molecule has 2 atom stereocenters. The van der Waals surface area contributed by atoms with E-state index in [0.717, 1.165) is 28.5 Å². The second-order valence-corrected chi connectivity index (χ2v) is 9.30. The fourth-order valence-corrected chi connectivity index (χ4v) is 4.37. The van der Waals surface area contributed by atoms with Gasteiger partial charge < -0.3 is 16.0 Å². The third-order valence-corrected chi connectivity index (χ3v) is 6.44. The first kappa shape index (κ1) is 22.5. The minimum Gasteiger partial charge on any atom is -0.383 e. The molecule has 178 valence electrons. The maximum Gasteiger partial charge on any atom is 0.253 e. The van der Waals surface area contributed by atoms with E-state index in [2.05, 4.69) is 20.4 Å². The van der Waals surface area contributed by atoms with Crippen molar-refractivity contribution in [2.45, 2.75) is 19.3 Å². The minimum atomic E-state index is -0.0885. The van der Waals surface area contributed by atoms with Gasteiger partial charge in [-0.3, -0.25) is 14.3 Å². The molecule has 0 unspecified atom stereocenters. The van der Waals surface area contributed by atoms with Crippen LogP contribution in [0.1, 0.15) is 33.8 Å². The third-order valence-electron chi connectivity index (χ3n) is 6.44. The number of amides is 2. The van der Waals surface area contributed by atoms with Crippen molar-refractivity contribution in [3.05, 3.63) is 65.6 Å². The summed E-state index contributed by atoms with van der Waals surface area (Å²) in [6, 6.07) is 9.26. The highest BCUT2D eigenvalue weighted by Crippen LogP contribution is 2.47. The van der Waals surface area contributed by atoms with Gasteiger partial charge in [0.1, 0.15) is 11.6 Å². The minimum absolute atomic E-state index is 0.0568. The summed E-state index contributed by atoms with van der Waals surface area (Å²) in [7, 11) is 5.31. The lowest BCUT2D eigenvalue weighted by Gasteiger charge is -2.14. The van der Waals surface area contributed by atoms with Crippen LogP contribution in [0.4, 0.5) is 11.6 Å². The predicted molar refractivity (Wildman–Crippen MR) is 135 cm³/mol. The predicted octanol–water partition coefficient (Wildman–Crippen LogP) is 3.36. The van der Waals surface area contributed by atoms with Crippen molar-refractivity contribution in [3.8, 4) is 11.3 Å². The molecule has 0 aliphatic heterocycles. The van der Waals surface area contributed by atoms with Gasteiger partial charge >= 0.3 is 0 Å². The second-order valence-electron chi connectivity index (χ2n) is 9.30. The number of hydrogen-bond acceptors (Lipinski definition) is 6. The summed E-state index contributed by atoms with van der Waals surface area (Å²) >= 11 is 0. The van der Waals surface area contributed by atoms with Gasteiger partial charge in [0.2, 0.25) is 5.91 Å². The monoisotopic (exact) mass is 469 g/mol. The summed E-state index contributed by atoms with van der Waals surface area (Å²) in [5.74, 6) is 0.761. The van der Waals surface area contributed by atoms with E-state index in [9.17, 15) is 9.59 Å². The Balaban J connectivity index is 1.43. The molecule has 0 saturated heterocycles. The van der Waals surface area contributed by atoms with Crippen molar-refractivity contribution in [1.82, 2.24) is 24.6 Å².